The van der Waals surface area contributed by atoms with Crippen LogP contribution in [-0.2, 0) is 7.05 Å². The Kier molecular flexibility index (Phi) is 3.31. The van der Waals surface area contributed by atoms with Gasteiger partial charge in [-0.25, -0.2) is 0 Å². The lowest BCUT2D eigenvalue weighted by Gasteiger charge is -2.01. The fourth-order valence-electron chi connectivity index (χ4n) is 1.55. The maximum absolute atomic E-state index is 9.66. The summed E-state index contributed by atoms with van der Waals surface area (Å²) in [5, 5.41) is 10.6. The number of nitrogens with zero attached hydrogens (tertiary/aromatic N) is 1. The normalized spacial score (nSPS) is 9.86. The first-order valence-electron chi connectivity index (χ1n) is 4.27. The smallest absolute Gasteiger partial charge is 0.216 e. The largest absolute Gasteiger partial charge is 1.00 e. The van der Waals surface area contributed by atoms with E-state index in [-0.39, 0.29) is 24.0 Å². The molecule has 2 aromatic rings. The molecule has 1 N–H and O–H groups in total. The van der Waals surface area contributed by atoms with Crippen molar-refractivity contribution >= 4 is 10.9 Å². The molecule has 0 radical (unpaired) electrons. The van der Waals surface area contributed by atoms with E-state index in [0.29, 0.717) is 5.75 Å². The Balaban J connectivity index is 0.000000980. The second kappa shape index (κ2) is 4.13. The van der Waals surface area contributed by atoms with Crippen molar-refractivity contribution in [2.45, 2.75) is 6.92 Å². The Morgan fingerprint density at radius 3 is 2.57 bits per heavy atom. The van der Waals surface area contributed by atoms with Crippen molar-refractivity contribution in [3.63, 3.8) is 0 Å². The zero-order valence-corrected chi connectivity index (χ0v) is 10.3. The number of aryl methyl sites for hydroxylation is 2. The summed E-state index contributed by atoms with van der Waals surface area (Å²) in [7, 11) is 2.00. The molecule has 3 heteroatoms. The van der Waals surface area contributed by atoms with E-state index in [9.17, 15) is 5.11 Å². The van der Waals surface area contributed by atoms with Crippen molar-refractivity contribution in [3.8, 4) is 5.75 Å². The molecule has 2 rings (SSSR count). The van der Waals surface area contributed by atoms with E-state index < -0.39 is 0 Å². The maximum Gasteiger partial charge on any atom is 0.216 e. The summed E-state index contributed by atoms with van der Waals surface area (Å²) < 4.78 is 2.06. The Morgan fingerprint density at radius 2 is 1.86 bits per heavy atom. The first-order valence-corrected chi connectivity index (χ1v) is 4.27. The average molecular weight is 301 g/mol. The lowest BCUT2D eigenvalue weighted by molar-refractivity contribution is -0.651. The third-order valence-corrected chi connectivity index (χ3v) is 2.42. The van der Waals surface area contributed by atoms with Crippen LogP contribution in [0.15, 0.2) is 30.3 Å². The fourth-order valence-corrected chi connectivity index (χ4v) is 1.55. The van der Waals surface area contributed by atoms with Crippen LogP contribution in [-0.4, -0.2) is 5.11 Å². The van der Waals surface area contributed by atoms with Crippen LogP contribution < -0.4 is 28.5 Å². The van der Waals surface area contributed by atoms with Crippen molar-refractivity contribution in [2.75, 3.05) is 0 Å². The van der Waals surface area contributed by atoms with Crippen LogP contribution in [0.2, 0.25) is 0 Å². The van der Waals surface area contributed by atoms with Crippen LogP contribution in [0.1, 0.15) is 5.69 Å². The van der Waals surface area contributed by atoms with Gasteiger partial charge in [-0.2, -0.15) is 4.57 Å². The monoisotopic (exact) mass is 301 g/mol. The summed E-state index contributed by atoms with van der Waals surface area (Å²) >= 11 is 0. The summed E-state index contributed by atoms with van der Waals surface area (Å²) in [6.07, 6.45) is 0. The van der Waals surface area contributed by atoms with Crippen molar-refractivity contribution in [1.29, 1.82) is 0 Å². The van der Waals surface area contributed by atoms with Gasteiger partial charge in [0.05, 0.1) is 5.39 Å². The van der Waals surface area contributed by atoms with Crippen molar-refractivity contribution in [1.82, 2.24) is 0 Å². The molecule has 1 aromatic heterocycles. The van der Waals surface area contributed by atoms with Gasteiger partial charge < -0.3 is 29.1 Å². The van der Waals surface area contributed by atoms with Gasteiger partial charge in [-0.3, -0.25) is 0 Å². The average Bonchev–Trinajstić information content (AvgIpc) is 2.15. The van der Waals surface area contributed by atoms with E-state index in [1.165, 1.54) is 0 Å². The van der Waals surface area contributed by atoms with Gasteiger partial charge in [0, 0.05) is 19.1 Å². The van der Waals surface area contributed by atoms with E-state index in [4.69, 9.17) is 0 Å². The van der Waals surface area contributed by atoms with Gasteiger partial charge in [0.2, 0.25) is 5.52 Å². The van der Waals surface area contributed by atoms with Gasteiger partial charge in [0.25, 0.3) is 0 Å². The molecule has 0 fully saturated rings. The summed E-state index contributed by atoms with van der Waals surface area (Å²) in [6.45, 7) is 1.98. The fraction of sp³-hybridized carbons (Fsp3) is 0.182. The van der Waals surface area contributed by atoms with Crippen LogP contribution in [0.25, 0.3) is 10.9 Å². The maximum atomic E-state index is 9.66. The summed E-state index contributed by atoms with van der Waals surface area (Å²) in [5.41, 5.74) is 2.11. The quantitative estimate of drug-likeness (QED) is 0.474. The second-order valence-electron chi connectivity index (χ2n) is 3.25. The van der Waals surface area contributed by atoms with Gasteiger partial charge in [0.1, 0.15) is 12.8 Å². The van der Waals surface area contributed by atoms with E-state index in [2.05, 4.69) is 4.57 Å². The van der Waals surface area contributed by atoms with Gasteiger partial charge >= 0.3 is 0 Å². The summed E-state index contributed by atoms with van der Waals surface area (Å²) in [4.78, 5) is 0. The number of benzene rings is 1. The van der Waals surface area contributed by atoms with E-state index in [1.54, 1.807) is 6.07 Å². The molecule has 0 aliphatic heterocycles. The van der Waals surface area contributed by atoms with Crippen molar-refractivity contribution in [3.05, 3.63) is 36.0 Å². The number of hydrogen-bond acceptors (Lipinski definition) is 1. The molecule has 0 spiro atoms. The van der Waals surface area contributed by atoms with Crippen LogP contribution in [0.3, 0.4) is 0 Å². The highest BCUT2D eigenvalue weighted by molar-refractivity contribution is 5.82. The lowest BCUT2D eigenvalue weighted by Crippen LogP contribution is -3.00. The van der Waals surface area contributed by atoms with Crippen LogP contribution >= 0.6 is 0 Å². The number of pyridine rings is 1. The molecule has 2 nitrogen and oxygen atoms in total. The molecule has 1 heterocycles. The predicted octanol–water partition coefficient (Wildman–Crippen LogP) is -1.32. The highest BCUT2D eigenvalue weighted by atomic mass is 127. The lowest BCUT2D eigenvalue weighted by atomic mass is 10.2. The molecular weight excluding hydrogens is 289 g/mol. The molecule has 0 amide bonds. The Bertz CT molecular complexity index is 468. The number of para-hydroxylation sites is 1. The molecule has 0 saturated heterocycles. The molecule has 74 valence electrons. The molecule has 0 aliphatic carbocycles. The predicted molar refractivity (Wildman–Crippen MR) is 51.5 cm³/mol. The van der Waals surface area contributed by atoms with Crippen molar-refractivity contribution in [2.24, 2.45) is 7.05 Å². The number of aromatic hydroxyl groups is 1. The third kappa shape index (κ3) is 1.68. The number of aromatic nitrogens is 1. The highest BCUT2D eigenvalue weighted by Gasteiger charge is 2.11. The molecule has 0 unspecified atom stereocenters. The summed E-state index contributed by atoms with van der Waals surface area (Å²) in [5.74, 6) is 0.353. The number of halogens is 1. The zero-order chi connectivity index (χ0) is 9.42. The second-order valence-corrected chi connectivity index (χ2v) is 3.25. The minimum absolute atomic E-state index is 0. The molecular formula is C11H12INO. The molecule has 0 bridgehead atoms. The molecule has 0 saturated carbocycles. The van der Waals surface area contributed by atoms with Crippen molar-refractivity contribution < 1.29 is 33.7 Å². The van der Waals surface area contributed by atoms with Gasteiger partial charge in [-0.05, 0) is 6.07 Å². The van der Waals surface area contributed by atoms with E-state index in [0.717, 1.165) is 16.6 Å². The number of hydrogen-bond donors (Lipinski definition) is 1. The van der Waals surface area contributed by atoms with E-state index >= 15 is 0 Å². The van der Waals surface area contributed by atoms with Gasteiger partial charge in [0.15, 0.2) is 5.69 Å². The Labute approximate surface area is 100 Å². The van der Waals surface area contributed by atoms with Crippen LogP contribution in [0.5, 0.6) is 5.75 Å². The first kappa shape index (κ1) is 11.2. The SMILES string of the molecule is Cc1cc(O)c2ccccc2[n+]1C.[I-]. The molecule has 14 heavy (non-hydrogen) atoms. The Morgan fingerprint density at radius 1 is 1.21 bits per heavy atom. The first-order chi connectivity index (χ1) is 6.20. The van der Waals surface area contributed by atoms with Crippen LogP contribution in [0, 0.1) is 6.92 Å². The van der Waals surface area contributed by atoms with Gasteiger partial charge in [-0.1, -0.05) is 12.1 Å². The van der Waals surface area contributed by atoms with Gasteiger partial charge in [-0.15, -0.1) is 0 Å². The van der Waals surface area contributed by atoms with E-state index in [1.807, 2.05) is 38.2 Å². The molecule has 0 aliphatic rings. The molecule has 1 aromatic carbocycles. The summed E-state index contributed by atoms with van der Waals surface area (Å²) in [6, 6.07) is 9.60. The highest BCUT2D eigenvalue weighted by Crippen LogP contribution is 2.21. The minimum Gasteiger partial charge on any atom is -1.00 e. The third-order valence-electron chi connectivity index (χ3n) is 2.42. The standard InChI is InChI=1S/C11H11NO.HI/c1-8-7-11(13)9-5-3-4-6-10(9)12(8)2;/h3-7H,1-2H3;1H. The minimum atomic E-state index is 0. The number of rotatable bonds is 0. The zero-order valence-electron chi connectivity index (χ0n) is 8.16. The Hall–Kier alpha value is -0.840. The number of fused-ring (bicyclic) bond motifs is 1. The molecule has 0 atom stereocenters. The van der Waals surface area contributed by atoms with Crippen LogP contribution in [0.4, 0.5) is 0 Å². The topological polar surface area (TPSA) is 24.1 Å².